The fourth-order valence-electron chi connectivity index (χ4n) is 3.04. The van der Waals surface area contributed by atoms with Crippen molar-refractivity contribution in [2.24, 2.45) is 0 Å². The van der Waals surface area contributed by atoms with Crippen LogP contribution in [-0.2, 0) is 16.1 Å². The summed E-state index contributed by atoms with van der Waals surface area (Å²) >= 11 is 3.52. The Labute approximate surface area is 172 Å². The van der Waals surface area contributed by atoms with Gasteiger partial charge in [-0.2, -0.15) is 0 Å². The third-order valence-corrected chi connectivity index (χ3v) is 5.69. The minimum Gasteiger partial charge on any atom is -0.507 e. The van der Waals surface area contributed by atoms with E-state index < -0.39 is 17.7 Å². The van der Waals surface area contributed by atoms with Crippen LogP contribution in [0.15, 0.2) is 64.2 Å². The second-order valence-corrected chi connectivity index (χ2v) is 7.99. The molecule has 1 unspecified atom stereocenters. The number of Topliss-reactive ketones (excluding diaryl/α,β-unsaturated/α-hetero) is 1. The molecule has 0 spiro atoms. The molecule has 1 aliphatic heterocycles. The molecule has 3 aromatic heterocycles. The van der Waals surface area contributed by atoms with Gasteiger partial charge in [0.2, 0.25) is 0 Å². The van der Waals surface area contributed by atoms with E-state index in [-0.39, 0.29) is 17.9 Å². The molecule has 1 fully saturated rings. The van der Waals surface area contributed by atoms with E-state index in [9.17, 15) is 14.7 Å². The minimum atomic E-state index is -0.796. The Balaban J connectivity index is 1.86. The highest BCUT2D eigenvalue weighted by atomic mass is 127. The van der Waals surface area contributed by atoms with Crippen molar-refractivity contribution in [3.63, 3.8) is 0 Å². The molecule has 0 bridgehead atoms. The summed E-state index contributed by atoms with van der Waals surface area (Å²) in [4.78, 5) is 31.9. The lowest BCUT2D eigenvalue weighted by Gasteiger charge is -2.22. The molecule has 1 saturated heterocycles. The van der Waals surface area contributed by atoms with Gasteiger partial charge in [0.1, 0.15) is 17.6 Å². The van der Waals surface area contributed by atoms with Gasteiger partial charge < -0.3 is 14.4 Å². The number of carbonyl (C=O) groups excluding carboxylic acids is 2. The van der Waals surface area contributed by atoms with Gasteiger partial charge in [0, 0.05) is 22.8 Å². The SMILES string of the molecule is O=C1C(=O)N(Cc2cccs2)C(c2ccc(I)o2)/C1=C(\O)c1cccnc1. The van der Waals surface area contributed by atoms with Crippen LogP contribution in [0.1, 0.15) is 22.2 Å². The van der Waals surface area contributed by atoms with Crippen LogP contribution in [0.25, 0.3) is 5.76 Å². The number of hydrogen-bond acceptors (Lipinski definition) is 6. The van der Waals surface area contributed by atoms with Gasteiger partial charge in [0.05, 0.1) is 12.1 Å². The molecule has 8 heteroatoms. The lowest BCUT2D eigenvalue weighted by molar-refractivity contribution is -0.140. The quantitative estimate of drug-likeness (QED) is 0.258. The van der Waals surface area contributed by atoms with Crippen molar-refractivity contribution < 1.29 is 19.1 Å². The number of carbonyl (C=O) groups is 2. The van der Waals surface area contributed by atoms with Crippen molar-refractivity contribution in [2.45, 2.75) is 12.6 Å². The maximum absolute atomic E-state index is 12.8. The van der Waals surface area contributed by atoms with E-state index in [4.69, 9.17) is 4.42 Å². The van der Waals surface area contributed by atoms with Crippen LogP contribution in [0.5, 0.6) is 0 Å². The first kappa shape index (κ1) is 17.9. The summed E-state index contributed by atoms with van der Waals surface area (Å²) in [5.74, 6) is -1.22. The van der Waals surface area contributed by atoms with Gasteiger partial charge in [0.25, 0.3) is 11.7 Å². The van der Waals surface area contributed by atoms with E-state index in [1.54, 1.807) is 30.5 Å². The molecule has 0 aromatic carbocycles. The molecule has 136 valence electrons. The second-order valence-electron chi connectivity index (χ2n) is 5.89. The molecule has 4 rings (SSSR count). The van der Waals surface area contributed by atoms with E-state index in [1.165, 1.54) is 22.4 Å². The molecule has 6 nitrogen and oxygen atoms in total. The smallest absolute Gasteiger partial charge is 0.296 e. The van der Waals surface area contributed by atoms with Crippen molar-refractivity contribution in [3.05, 3.63) is 79.7 Å². The third-order valence-electron chi connectivity index (χ3n) is 4.24. The van der Waals surface area contributed by atoms with Gasteiger partial charge in [-0.25, -0.2) is 0 Å². The molecule has 0 aliphatic carbocycles. The average molecular weight is 492 g/mol. The Morgan fingerprint density at radius 1 is 1.26 bits per heavy atom. The predicted molar refractivity (Wildman–Crippen MR) is 108 cm³/mol. The highest BCUT2D eigenvalue weighted by Crippen LogP contribution is 2.41. The van der Waals surface area contributed by atoms with E-state index in [1.807, 2.05) is 40.1 Å². The number of halogens is 1. The van der Waals surface area contributed by atoms with Crippen LogP contribution in [0.4, 0.5) is 0 Å². The van der Waals surface area contributed by atoms with Crippen molar-refractivity contribution in [1.29, 1.82) is 0 Å². The molecule has 4 heterocycles. The van der Waals surface area contributed by atoms with Crippen molar-refractivity contribution in [1.82, 2.24) is 9.88 Å². The third kappa shape index (κ3) is 3.30. The van der Waals surface area contributed by atoms with Crippen LogP contribution in [-0.4, -0.2) is 26.7 Å². The molecule has 1 atom stereocenters. The summed E-state index contributed by atoms with van der Waals surface area (Å²) < 4.78 is 6.34. The number of aromatic nitrogens is 1. The monoisotopic (exact) mass is 492 g/mol. The summed E-state index contributed by atoms with van der Waals surface area (Å²) in [5, 5.41) is 12.7. The van der Waals surface area contributed by atoms with Crippen LogP contribution in [0.2, 0.25) is 0 Å². The topological polar surface area (TPSA) is 83.6 Å². The highest BCUT2D eigenvalue weighted by Gasteiger charge is 2.47. The maximum atomic E-state index is 12.8. The maximum Gasteiger partial charge on any atom is 0.296 e. The number of pyridine rings is 1. The Morgan fingerprint density at radius 3 is 2.74 bits per heavy atom. The average Bonchev–Trinajstić information content (AvgIpc) is 3.39. The summed E-state index contributed by atoms with van der Waals surface area (Å²) in [6, 6.07) is 9.75. The lowest BCUT2D eigenvalue weighted by Crippen LogP contribution is -2.28. The Hall–Kier alpha value is -2.46. The summed E-state index contributed by atoms with van der Waals surface area (Å²) in [6.45, 7) is 0.258. The zero-order valence-electron chi connectivity index (χ0n) is 13.8. The van der Waals surface area contributed by atoms with Gasteiger partial charge in [-0.05, 0) is 58.3 Å². The summed E-state index contributed by atoms with van der Waals surface area (Å²) in [6.07, 6.45) is 3.02. The number of likely N-dealkylation sites (tertiary alicyclic amines) is 1. The van der Waals surface area contributed by atoms with Gasteiger partial charge in [0.15, 0.2) is 3.77 Å². The number of amides is 1. The fourth-order valence-corrected chi connectivity index (χ4v) is 4.18. The van der Waals surface area contributed by atoms with Crippen molar-refractivity contribution >= 4 is 51.4 Å². The highest BCUT2D eigenvalue weighted by molar-refractivity contribution is 14.1. The molecule has 0 saturated carbocycles. The van der Waals surface area contributed by atoms with Gasteiger partial charge in [-0.1, -0.05) is 6.07 Å². The van der Waals surface area contributed by atoms with E-state index in [2.05, 4.69) is 4.98 Å². The normalized spacial score (nSPS) is 19.0. The molecule has 3 aromatic rings. The van der Waals surface area contributed by atoms with Crippen molar-refractivity contribution in [3.8, 4) is 0 Å². The van der Waals surface area contributed by atoms with Crippen LogP contribution in [0.3, 0.4) is 0 Å². The number of rotatable bonds is 4. The molecule has 1 N–H and O–H groups in total. The first-order chi connectivity index (χ1) is 13.1. The van der Waals surface area contributed by atoms with Crippen LogP contribution in [0, 0.1) is 3.77 Å². The Morgan fingerprint density at radius 2 is 2.11 bits per heavy atom. The number of aliphatic hydroxyl groups is 1. The molecule has 1 aliphatic rings. The number of furan rings is 1. The summed E-state index contributed by atoms with van der Waals surface area (Å²) in [5.41, 5.74) is 0.383. The minimum absolute atomic E-state index is 0.00954. The number of thiophene rings is 1. The van der Waals surface area contributed by atoms with Gasteiger partial charge in [-0.3, -0.25) is 14.6 Å². The van der Waals surface area contributed by atoms with Gasteiger partial charge in [-0.15, -0.1) is 11.3 Å². The van der Waals surface area contributed by atoms with Crippen LogP contribution < -0.4 is 0 Å². The van der Waals surface area contributed by atoms with Gasteiger partial charge >= 0.3 is 0 Å². The number of nitrogens with zero attached hydrogens (tertiary/aromatic N) is 2. The largest absolute Gasteiger partial charge is 0.507 e. The Bertz CT molecular complexity index is 1030. The standard InChI is InChI=1S/C19H13IN2O4S/c20-14-6-5-13(26-14)16-15(17(23)11-3-1-7-21-9-11)18(24)19(25)22(16)10-12-4-2-8-27-12/h1-9,16,23H,10H2/b17-15+. The predicted octanol–water partition coefficient (Wildman–Crippen LogP) is 3.96. The van der Waals surface area contributed by atoms with Crippen LogP contribution >= 0.6 is 33.9 Å². The van der Waals surface area contributed by atoms with E-state index in [0.717, 1.165) is 4.88 Å². The number of hydrogen-bond donors (Lipinski definition) is 1. The first-order valence-electron chi connectivity index (χ1n) is 8.02. The first-order valence-corrected chi connectivity index (χ1v) is 9.98. The second kappa shape index (κ2) is 7.28. The molecule has 0 radical (unpaired) electrons. The number of ketones is 1. The molecular weight excluding hydrogens is 479 g/mol. The molecule has 27 heavy (non-hydrogen) atoms. The molecule has 1 amide bonds. The fraction of sp³-hybridized carbons (Fsp3) is 0.105. The summed E-state index contributed by atoms with van der Waals surface area (Å²) in [7, 11) is 0. The van der Waals surface area contributed by atoms with E-state index in [0.29, 0.717) is 15.1 Å². The lowest BCUT2D eigenvalue weighted by atomic mass is 10.00. The van der Waals surface area contributed by atoms with E-state index >= 15 is 0 Å². The Kier molecular flexibility index (Phi) is 4.83. The number of aliphatic hydroxyl groups excluding tert-OH is 1. The molecular formula is C19H13IN2O4S. The zero-order valence-corrected chi connectivity index (χ0v) is 16.8. The van der Waals surface area contributed by atoms with Crippen molar-refractivity contribution in [2.75, 3.05) is 0 Å². The zero-order chi connectivity index (χ0) is 19.0.